The van der Waals surface area contributed by atoms with Crippen LogP contribution in [-0.2, 0) is 24.4 Å². The van der Waals surface area contributed by atoms with Crippen LogP contribution in [0.3, 0.4) is 0 Å². The second-order valence-corrected chi connectivity index (χ2v) is 10.5. The Morgan fingerprint density at radius 1 is 1.43 bits per heavy atom. The molecule has 0 spiro atoms. The fourth-order valence-electron chi connectivity index (χ4n) is 2.68. The quantitative estimate of drug-likeness (QED) is 0.649. The minimum absolute atomic E-state index is 0.0619. The molecule has 1 aliphatic rings. The number of carboxylic acid groups (broad SMARTS) is 1. The Labute approximate surface area is 176 Å². The van der Waals surface area contributed by atoms with Gasteiger partial charge in [-0.25, -0.2) is 18.4 Å². The van der Waals surface area contributed by atoms with E-state index in [0.717, 1.165) is 11.8 Å². The summed E-state index contributed by atoms with van der Waals surface area (Å²) >= 11 is 8.11. The van der Waals surface area contributed by atoms with Crippen LogP contribution in [0.25, 0.3) is 0 Å². The fraction of sp³-hybridized carbons (Fsp3) is 0.438. The van der Waals surface area contributed by atoms with Crippen LogP contribution in [-0.4, -0.2) is 53.0 Å². The van der Waals surface area contributed by atoms with Crippen molar-refractivity contribution in [3.05, 3.63) is 28.8 Å². The first-order chi connectivity index (χ1) is 12.9. The Kier molecular flexibility index (Phi) is 7.43. The Bertz CT molecular complexity index is 908. The lowest BCUT2D eigenvalue weighted by Crippen LogP contribution is -2.45. The zero-order chi connectivity index (χ0) is 21.2. The van der Waals surface area contributed by atoms with Crippen LogP contribution >= 0.6 is 35.1 Å². The van der Waals surface area contributed by atoms with Crippen molar-refractivity contribution in [2.75, 3.05) is 11.5 Å². The second-order valence-electron chi connectivity index (χ2n) is 6.22. The summed E-state index contributed by atoms with van der Waals surface area (Å²) in [5.74, 6) is -1.82. The average molecular weight is 467 g/mol. The van der Waals surface area contributed by atoms with Crippen molar-refractivity contribution in [3.8, 4) is 0 Å². The number of primary sulfonamides is 1. The van der Waals surface area contributed by atoms with Gasteiger partial charge in [0, 0.05) is 24.3 Å². The molecule has 1 amide bonds. The molecule has 0 bridgehead atoms. The van der Waals surface area contributed by atoms with Gasteiger partial charge in [-0.2, -0.15) is 0 Å². The van der Waals surface area contributed by atoms with Crippen molar-refractivity contribution in [1.29, 1.82) is 0 Å². The molecule has 1 aromatic rings. The molecule has 1 saturated heterocycles. The van der Waals surface area contributed by atoms with E-state index in [1.807, 2.05) is 0 Å². The van der Waals surface area contributed by atoms with Gasteiger partial charge in [0.2, 0.25) is 15.9 Å². The largest absolute Gasteiger partial charge is 0.480 e. The minimum atomic E-state index is -4.09. The number of hydrogen-bond donors (Lipinski definition) is 2. The minimum Gasteiger partial charge on any atom is -0.480 e. The maximum absolute atomic E-state index is 13.0. The predicted octanol–water partition coefficient (Wildman–Crippen LogP) is 1.93. The topological polar surface area (TPSA) is 135 Å². The Morgan fingerprint density at radius 3 is 2.61 bits per heavy atom. The molecule has 0 saturated carbocycles. The van der Waals surface area contributed by atoms with Crippen LogP contribution in [0.1, 0.15) is 24.8 Å². The lowest BCUT2D eigenvalue weighted by atomic mass is 10.1. The third-order valence-electron chi connectivity index (χ3n) is 4.05. The molecular formula is C16H19ClN2O6S3. The number of halogens is 1. The molecule has 28 heavy (non-hydrogen) atoms. The molecule has 3 N–H and O–H groups in total. The van der Waals surface area contributed by atoms with Crippen LogP contribution in [0.15, 0.2) is 23.1 Å². The number of rotatable bonds is 6. The number of sulfonamides is 1. The van der Waals surface area contributed by atoms with E-state index in [-0.39, 0.29) is 26.5 Å². The summed E-state index contributed by atoms with van der Waals surface area (Å²) in [6.07, 6.45) is 0. The molecular weight excluding hydrogens is 448 g/mol. The van der Waals surface area contributed by atoms with Crippen molar-refractivity contribution in [2.24, 2.45) is 11.1 Å². The van der Waals surface area contributed by atoms with Crippen molar-refractivity contribution < 1.29 is 27.9 Å². The van der Waals surface area contributed by atoms with E-state index in [1.165, 1.54) is 41.8 Å². The zero-order valence-electron chi connectivity index (χ0n) is 15.0. The molecule has 12 heteroatoms. The lowest BCUT2D eigenvalue weighted by molar-refractivity contribution is -0.150. The van der Waals surface area contributed by atoms with Gasteiger partial charge in [0.1, 0.15) is 16.3 Å². The lowest BCUT2D eigenvalue weighted by Gasteiger charge is -2.30. The van der Waals surface area contributed by atoms with E-state index in [4.69, 9.17) is 16.7 Å². The van der Waals surface area contributed by atoms with Crippen LogP contribution in [0.5, 0.6) is 0 Å². The van der Waals surface area contributed by atoms with Gasteiger partial charge < -0.3 is 10.0 Å². The van der Waals surface area contributed by atoms with E-state index in [0.29, 0.717) is 5.56 Å². The standard InChI is InChI=1S/C16H19ClN2O6S3/c1-8(6-26-9(2)20)14(21)19-12(16(22)23)7-27-15(19)10-3-4-11(17)13(5-10)28(18,24)25/h3-5,8,12,15H,6-7H2,1-2H3,(H,22,23)(H2,18,24,25)/t8-,12+,15?/m1/s1. The molecule has 1 aromatic carbocycles. The van der Waals surface area contributed by atoms with Crippen LogP contribution in [0, 0.1) is 5.92 Å². The summed E-state index contributed by atoms with van der Waals surface area (Å²) in [5.41, 5.74) is 0.405. The van der Waals surface area contributed by atoms with Crippen molar-refractivity contribution in [3.63, 3.8) is 0 Å². The number of amides is 1. The third-order valence-corrected chi connectivity index (χ3v) is 7.83. The number of benzene rings is 1. The summed E-state index contributed by atoms with van der Waals surface area (Å²) in [7, 11) is -4.09. The van der Waals surface area contributed by atoms with Gasteiger partial charge in [-0.05, 0) is 17.7 Å². The van der Waals surface area contributed by atoms with Gasteiger partial charge in [-0.3, -0.25) is 9.59 Å². The molecule has 0 aliphatic carbocycles. The van der Waals surface area contributed by atoms with Gasteiger partial charge in [0.25, 0.3) is 0 Å². The molecule has 0 radical (unpaired) electrons. The highest BCUT2D eigenvalue weighted by Crippen LogP contribution is 2.43. The summed E-state index contributed by atoms with van der Waals surface area (Å²) in [6.45, 7) is 3.01. The molecule has 1 fully saturated rings. The van der Waals surface area contributed by atoms with Crippen molar-refractivity contribution in [2.45, 2.75) is 30.2 Å². The first kappa shape index (κ1) is 23.0. The van der Waals surface area contributed by atoms with Crippen LogP contribution in [0.2, 0.25) is 5.02 Å². The Morgan fingerprint density at radius 2 is 2.07 bits per heavy atom. The van der Waals surface area contributed by atoms with Gasteiger partial charge >= 0.3 is 5.97 Å². The van der Waals surface area contributed by atoms with Crippen LogP contribution < -0.4 is 5.14 Å². The van der Waals surface area contributed by atoms with Crippen molar-refractivity contribution >= 4 is 62.1 Å². The molecule has 3 atom stereocenters. The number of carbonyl (C=O) groups is 3. The monoisotopic (exact) mass is 466 g/mol. The molecule has 1 heterocycles. The second kappa shape index (κ2) is 9.04. The van der Waals surface area contributed by atoms with E-state index in [9.17, 15) is 27.9 Å². The highest BCUT2D eigenvalue weighted by molar-refractivity contribution is 8.13. The third kappa shape index (κ3) is 5.20. The van der Waals surface area contributed by atoms with Crippen molar-refractivity contribution in [1.82, 2.24) is 4.90 Å². The van der Waals surface area contributed by atoms with E-state index in [1.54, 1.807) is 6.92 Å². The summed E-state index contributed by atoms with van der Waals surface area (Å²) in [4.78, 5) is 36.7. The van der Waals surface area contributed by atoms with Gasteiger partial charge in [0.15, 0.2) is 5.12 Å². The summed E-state index contributed by atoms with van der Waals surface area (Å²) in [5, 5.41) is 13.8. The van der Waals surface area contributed by atoms with E-state index < -0.39 is 39.2 Å². The van der Waals surface area contributed by atoms with Crippen LogP contribution in [0.4, 0.5) is 0 Å². The smallest absolute Gasteiger partial charge is 0.327 e. The SMILES string of the molecule is CC(=O)SC[C@@H](C)C(=O)N1C(c2ccc(Cl)c(S(N)(=O)=O)c2)SC[C@H]1C(=O)O. The number of aliphatic carboxylic acids is 1. The van der Waals surface area contributed by atoms with E-state index in [2.05, 4.69) is 0 Å². The van der Waals surface area contributed by atoms with Gasteiger partial charge in [-0.15, -0.1) is 11.8 Å². The number of thioether (sulfide) groups is 2. The van der Waals surface area contributed by atoms with Gasteiger partial charge in [-0.1, -0.05) is 36.4 Å². The molecule has 154 valence electrons. The fourth-order valence-corrected chi connectivity index (χ4v) is 5.81. The molecule has 1 unspecified atom stereocenters. The molecule has 2 rings (SSSR count). The number of carboxylic acids is 1. The zero-order valence-corrected chi connectivity index (χ0v) is 18.2. The summed E-state index contributed by atoms with van der Waals surface area (Å²) < 4.78 is 23.5. The number of carbonyl (C=O) groups excluding carboxylic acids is 2. The first-order valence-corrected chi connectivity index (χ1v) is 12.0. The molecule has 0 aromatic heterocycles. The molecule has 8 nitrogen and oxygen atoms in total. The first-order valence-electron chi connectivity index (χ1n) is 8.05. The number of nitrogens with zero attached hydrogens (tertiary/aromatic N) is 1. The number of nitrogens with two attached hydrogens (primary N) is 1. The van der Waals surface area contributed by atoms with Gasteiger partial charge in [0.05, 0.1) is 5.02 Å². The highest BCUT2D eigenvalue weighted by Gasteiger charge is 2.43. The number of hydrogen-bond acceptors (Lipinski definition) is 7. The summed E-state index contributed by atoms with van der Waals surface area (Å²) in [6, 6.07) is 3.08. The van der Waals surface area contributed by atoms with E-state index >= 15 is 0 Å². The normalized spacial score (nSPS) is 20.8. The predicted molar refractivity (Wildman–Crippen MR) is 109 cm³/mol. The average Bonchev–Trinajstić information content (AvgIpc) is 3.03. The molecule has 1 aliphatic heterocycles. The maximum Gasteiger partial charge on any atom is 0.327 e. The highest BCUT2D eigenvalue weighted by atomic mass is 35.5. The Balaban J connectivity index is 2.41. The Hall–Kier alpha value is -1.27. The maximum atomic E-state index is 13.0.